The van der Waals surface area contributed by atoms with Crippen LogP contribution < -0.4 is 4.90 Å². The Kier molecular flexibility index (Phi) is 4.69. The molecular formula is C22H22N2O3S. The zero-order valence-corrected chi connectivity index (χ0v) is 16.7. The van der Waals surface area contributed by atoms with Gasteiger partial charge in [-0.2, -0.15) is 4.31 Å². The number of hydrogen-bond donors (Lipinski definition) is 0. The van der Waals surface area contributed by atoms with Crippen LogP contribution in [0.1, 0.15) is 29.8 Å². The maximum atomic E-state index is 13.1. The number of hydrogen-bond acceptors (Lipinski definition) is 3. The molecule has 0 fully saturated rings. The molecule has 5 nitrogen and oxygen atoms in total. The lowest BCUT2D eigenvalue weighted by Gasteiger charge is -2.21. The standard InChI is InChI=1S/C22H22N2O3S/c1-3-23(4-2)28(26,27)20-14-13-19-21-17(20)11-8-12-18(21)22(25)24(19)15-16-9-6-5-7-10-16/h5-14H,3-4,15H2,1-2H3. The number of amides is 1. The van der Waals surface area contributed by atoms with Crippen molar-refractivity contribution in [3.63, 3.8) is 0 Å². The molecule has 0 saturated heterocycles. The van der Waals surface area contributed by atoms with Crippen molar-refractivity contribution in [1.82, 2.24) is 4.31 Å². The van der Waals surface area contributed by atoms with Gasteiger partial charge in [0.05, 0.1) is 17.1 Å². The lowest BCUT2D eigenvalue weighted by atomic mass is 10.1. The number of carbonyl (C=O) groups excluding carboxylic acids is 1. The Hall–Kier alpha value is -2.70. The van der Waals surface area contributed by atoms with Gasteiger partial charge in [0, 0.05) is 29.4 Å². The highest BCUT2D eigenvalue weighted by atomic mass is 32.2. The number of sulfonamides is 1. The third kappa shape index (κ3) is 2.80. The summed E-state index contributed by atoms with van der Waals surface area (Å²) >= 11 is 0. The van der Waals surface area contributed by atoms with Gasteiger partial charge in [0.15, 0.2) is 0 Å². The number of carbonyl (C=O) groups is 1. The first-order valence-electron chi connectivity index (χ1n) is 9.40. The zero-order valence-electron chi connectivity index (χ0n) is 15.9. The van der Waals surface area contributed by atoms with Crippen LogP contribution in [-0.4, -0.2) is 31.7 Å². The monoisotopic (exact) mass is 394 g/mol. The summed E-state index contributed by atoms with van der Waals surface area (Å²) in [6.45, 7) is 4.91. The van der Waals surface area contributed by atoms with Crippen molar-refractivity contribution >= 4 is 32.4 Å². The Labute approximate surface area is 165 Å². The van der Waals surface area contributed by atoms with Crippen molar-refractivity contribution in [1.29, 1.82) is 0 Å². The topological polar surface area (TPSA) is 57.7 Å². The molecule has 0 unspecified atom stereocenters. The van der Waals surface area contributed by atoms with E-state index in [2.05, 4.69) is 0 Å². The van der Waals surface area contributed by atoms with Gasteiger partial charge >= 0.3 is 0 Å². The minimum Gasteiger partial charge on any atom is -0.303 e. The zero-order chi connectivity index (χ0) is 19.9. The van der Waals surface area contributed by atoms with Crippen LogP contribution in [0, 0.1) is 0 Å². The van der Waals surface area contributed by atoms with E-state index in [4.69, 9.17) is 0 Å². The van der Waals surface area contributed by atoms with E-state index < -0.39 is 10.0 Å². The van der Waals surface area contributed by atoms with Crippen LogP contribution >= 0.6 is 0 Å². The van der Waals surface area contributed by atoms with Crippen molar-refractivity contribution in [2.75, 3.05) is 18.0 Å². The molecular weight excluding hydrogens is 372 g/mol. The minimum absolute atomic E-state index is 0.0955. The summed E-state index contributed by atoms with van der Waals surface area (Å²) in [4.78, 5) is 15.0. The molecule has 0 radical (unpaired) electrons. The predicted octanol–water partition coefficient (Wildman–Crippen LogP) is 4.03. The number of anilines is 1. The molecule has 1 aliphatic rings. The van der Waals surface area contributed by atoms with E-state index in [1.807, 2.05) is 44.2 Å². The highest BCUT2D eigenvalue weighted by molar-refractivity contribution is 7.89. The average Bonchev–Trinajstić information content (AvgIpc) is 2.97. The van der Waals surface area contributed by atoms with Gasteiger partial charge in [-0.05, 0) is 23.8 Å². The first kappa shape index (κ1) is 18.7. The summed E-state index contributed by atoms with van der Waals surface area (Å²) in [5.74, 6) is -0.0955. The van der Waals surface area contributed by atoms with Gasteiger partial charge in [-0.3, -0.25) is 4.79 Å². The predicted molar refractivity (Wildman–Crippen MR) is 111 cm³/mol. The van der Waals surface area contributed by atoms with E-state index in [-0.39, 0.29) is 10.8 Å². The Morgan fingerprint density at radius 2 is 1.61 bits per heavy atom. The smallest absolute Gasteiger partial charge is 0.259 e. The van der Waals surface area contributed by atoms with Gasteiger partial charge in [0.1, 0.15) is 0 Å². The van der Waals surface area contributed by atoms with Crippen molar-refractivity contribution in [2.24, 2.45) is 0 Å². The SMILES string of the molecule is CCN(CC)S(=O)(=O)c1ccc2c3c(cccc13)C(=O)N2Cc1ccccc1. The summed E-state index contributed by atoms with van der Waals surface area (Å²) < 4.78 is 27.7. The molecule has 0 saturated carbocycles. The van der Waals surface area contributed by atoms with Gasteiger partial charge in [-0.15, -0.1) is 0 Å². The van der Waals surface area contributed by atoms with E-state index in [0.29, 0.717) is 30.6 Å². The largest absolute Gasteiger partial charge is 0.303 e. The molecule has 4 rings (SSSR count). The summed E-state index contributed by atoms with van der Waals surface area (Å²) in [7, 11) is -3.62. The molecule has 0 bridgehead atoms. The maximum Gasteiger partial charge on any atom is 0.259 e. The fourth-order valence-electron chi connectivity index (χ4n) is 3.87. The normalized spacial score (nSPS) is 13.7. The van der Waals surface area contributed by atoms with E-state index in [1.165, 1.54) is 4.31 Å². The van der Waals surface area contributed by atoms with Crippen LogP contribution in [0.2, 0.25) is 0 Å². The Balaban J connectivity index is 1.88. The van der Waals surface area contributed by atoms with Crippen molar-refractivity contribution in [2.45, 2.75) is 25.3 Å². The molecule has 0 aliphatic carbocycles. The van der Waals surface area contributed by atoms with E-state index in [9.17, 15) is 13.2 Å². The first-order chi connectivity index (χ1) is 13.5. The maximum absolute atomic E-state index is 13.1. The lowest BCUT2D eigenvalue weighted by Crippen LogP contribution is -2.30. The molecule has 0 spiro atoms. The molecule has 0 aromatic heterocycles. The third-order valence-corrected chi connectivity index (χ3v) is 7.36. The average molecular weight is 394 g/mol. The Bertz CT molecular complexity index is 1150. The fraction of sp³-hybridized carbons (Fsp3) is 0.227. The summed E-state index contributed by atoms with van der Waals surface area (Å²) in [6.07, 6.45) is 0. The van der Waals surface area contributed by atoms with Gasteiger partial charge in [-0.1, -0.05) is 56.3 Å². The van der Waals surface area contributed by atoms with Gasteiger partial charge < -0.3 is 4.90 Å². The molecule has 6 heteroatoms. The van der Waals surface area contributed by atoms with Crippen molar-refractivity contribution in [3.8, 4) is 0 Å². The molecule has 0 atom stereocenters. The molecule has 1 amide bonds. The quantitative estimate of drug-likeness (QED) is 0.634. The second kappa shape index (κ2) is 7.04. The van der Waals surface area contributed by atoms with Crippen LogP contribution in [0.5, 0.6) is 0 Å². The number of rotatable bonds is 6. The van der Waals surface area contributed by atoms with Crippen molar-refractivity contribution in [3.05, 3.63) is 71.8 Å². The molecule has 3 aromatic carbocycles. The van der Waals surface area contributed by atoms with Gasteiger partial charge in [0.2, 0.25) is 10.0 Å². The number of nitrogens with zero attached hydrogens (tertiary/aromatic N) is 2. The Morgan fingerprint density at radius 3 is 2.29 bits per heavy atom. The highest BCUT2D eigenvalue weighted by Gasteiger charge is 2.33. The fourth-order valence-corrected chi connectivity index (χ4v) is 5.52. The van der Waals surface area contributed by atoms with E-state index in [1.54, 1.807) is 35.2 Å². The highest BCUT2D eigenvalue weighted by Crippen LogP contribution is 2.41. The second-order valence-electron chi connectivity index (χ2n) is 6.78. The lowest BCUT2D eigenvalue weighted by molar-refractivity contribution is 0.0991. The first-order valence-corrected chi connectivity index (χ1v) is 10.8. The second-order valence-corrected chi connectivity index (χ2v) is 8.68. The van der Waals surface area contributed by atoms with Crippen LogP contribution in [0.25, 0.3) is 10.8 Å². The minimum atomic E-state index is -3.62. The molecule has 0 N–H and O–H groups in total. The third-order valence-electron chi connectivity index (χ3n) is 5.25. The van der Waals surface area contributed by atoms with Crippen LogP contribution in [0.3, 0.4) is 0 Å². The van der Waals surface area contributed by atoms with Crippen molar-refractivity contribution < 1.29 is 13.2 Å². The molecule has 1 heterocycles. The van der Waals surface area contributed by atoms with Gasteiger partial charge in [-0.25, -0.2) is 8.42 Å². The molecule has 144 valence electrons. The van der Waals surface area contributed by atoms with Crippen LogP contribution in [-0.2, 0) is 16.6 Å². The van der Waals surface area contributed by atoms with E-state index >= 15 is 0 Å². The summed E-state index contributed by atoms with van der Waals surface area (Å²) in [6, 6.07) is 18.5. The van der Waals surface area contributed by atoms with Gasteiger partial charge in [0.25, 0.3) is 5.91 Å². The van der Waals surface area contributed by atoms with E-state index in [0.717, 1.165) is 16.6 Å². The summed E-state index contributed by atoms with van der Waals surface area (Å²) in [5, 5.41) is 1.32. The summed E-state index contributed by atoms with van der Waals surface area (Å²) in [5.41, 5.74) is 2.34. The molecule has 28 heavy (non-hydrogen) atoms. The molecule has 1 aliphatic heterocycles. The number of benzene rings is 3. The molecule has 3 aromatic rings. The Morgan fingerprint density at radius 1 is 0.893 bits per heavy atom. The van der Waals surface area contributed by atoms with Crippen LogP contribution in [0.4, 0.5) is 5.69 Å². The van der Waals surface area contributed by atoms with Crippen LogP contribution in [0.15, 0.2) is 65.6 Å².